The summed E-state index contributed by atoms with van der Waals surface area (Å²) in [5.41, 5.74) is 4.54. The number of amides is 2. The van der Waals surface area contributed by atoms with Gasteiger partial charge in [0.1, 0.15) is 6.61 Å². The van der Waals surface area contributed by atoms with E-state index < -0.39 is 0 Å². The molecule has 5 heteroatoms. The molecule has 1 aliphatic carbocycles. The summed E-state index contributed by atoms with van der Waals surface area (Å²) in [4.78, 5) is 26.5. The van der Waals surface area contributed by atoms with Gasteiger partial charge in [-0.05, 0) is 66.9 Å². The Hall–Kier alpha value is -3.08. The van der Waals surface area contributed by atoms with Gasteiger partial charge >= 0.3 is 6.09 Å². The van der Waals surface area contributed by atoms with Gasteiger partial charge in [0.05, 0.1) is 0 Å². The van der Waals surface area contributed by atoms with Crippen molar-refractivity contribution in [3.05, 3.63) is 76.9 Å². The number of rotatable bonds is 5. The molecule has 2 aromatic rings. The number of carbonyl (C=O) groups is 2. The summed E-state index contributed by atoms with van der Waals surface area (Å²) in [6.07, 6.45) is 9.23. The Kier molecular flexibility index (Phi) is 7.03. The highest BCUT2D eigenvalue weighted by Gasteiger charge is 2.21. The molecule has 1 N–H and O–H groups in total. The first-order valence-electron chi connectivity index (χ1n) is 11.2. The number of aryl methyl sites for hydroxylation is 1. The highest BCUT2D eigenvalue weighted by atomic mass is 16.5. The van der Waals surface area contributed by atoms with E-state index in [1.54, 1.807) is 6.08 Å². The predicted octanol–water partition coefficient (Wildman–Crippen LogP) is 4.50. The van der Waals surface area contributed by atoms with Crippen LogP contribution in [0.1, 0.15) is 47.9 Å². The van der Waals surface area contributed by atoms with Crippen molar-refractivity contribution in [1.82, 2.24) is 10.2 Å². The second-order valence-electron chi connectivity index (χ2n) is 8.39. The molecule has 2 aromatic carbocycles. The molecule has 31 heavy (non-hydrogen) atoms. The quantitative estimate of drug-likeness (QED) is 0.728. The van der Waals surface area contributed by atoms with Gasteiger partial charge in [0.15, 0.2) is 0 Å². The molecule has 1 fully saturated rings. The molecule has 0 radical (unpaired) electrons. The van der Waals surface area contributed by atoms with Gasteiger partial charge < -0.3 is 15.0 Å². The summed E-state index contributed by atoms with van der Waals surface area (Å²) in [7, 11) is 0. The van der Waals surface area contributed by atoms with Crippen LogP contribution >= 0.6 is 0 Å². The Bertz CT molecular complexity index is 933. The maximum absolute atomic E-state index is 12.4. The van der Waals surface area contributed by atoms with Crippen LogP contribution in [0.5, 0.6) is 0 Å². The van der Waals surface area contributed by atoms with E-state index in [9.17, 15) is 9.59 Å². The van der Waals surface area contributed by atoms with Crippen LogP contribution in [-0.4, -0.2) is 36.0 Å². The maximum Gasteiger partial charge on any atom is 0.407 e. The first kappa shape index (κ1) is 21.2. The number of ether oxygens (including phenoxy) is 1. The topological polar surface area (TPSA) is 58.6 Å². The molecule has 0 saturated carbocycles. The molecule has 1 aliphatic heterocycles. The van der Waals surface area contributed by atoms with Gasteiger partial charge in [-0.25, -0.2) is 4.79 Å². The first-order valence-corrected chi connectivity index (χ1v) is 11.2. The van der Waals surface area contributed by atoms with Crippen molar-refractivity contribution < 1.29 is 14.3 Å². The molecule has 2 amide bonds. The lowest BCUT2D eigenvalue weighted by Gasteiger charge is -2.26. The van der Waals surface area contributed by atoms with Gasteiger partial charge in [0, 0.05) is 25.2 Å². The van der Waals surface area contributed by atoms with Gasteiger partial charge in [-0.15, -0.1) is 0 Å². The standard InChI is InChI=1S/C26H30N2O3/c29-25(28-15-5-2-6-16-28)14-10-20-9-11-22-12-13-24(18-23(22)17-20)27-26(30)31-19-21-7-3-1-4-8-21/h1,3-4,7-11,14,17,24H,2,5-6,12-13,15-16,18-19H2,(H,27,30)/t24-/m0/s1. The zero-order chi connectivity index (χ0) is 21.5. The Morgan fingerprint density at radius 2 is 1.84 bits per heavy atom. The molecule has 5 nitrogen and oxygen atoms in total. The molecule has 0 bridgehead atoms. The summed E-state index contributed by atoms with van der Waals surface area (Å²) in [6, 6.07) is 16.1. The molecule has 2 aliphatic rings. The van der Waals surface area contributed by atoms with Crippen molar-refractivity contribution in [3.8, 4) is 0 Å². The third-order valence-electron chi connectivity index (χ3n) is 6.08. The van der Waals surface area contributed by atoms with Crippen molar-refractivity contribution in [2.24, 2.45) is 0 Å². The number of hydrogen-bond donors (Lipinski definition) is 1. The van der Waals surface area contributed by atoms with Crippen molar-refractivity contribution in [1.29, 1.82) is 0 Å². The lowest BCUT2D eigenvalue weighted by molar-refractivity contribution is -0.126. The Balaban J connectivity index is 1.31. The minimum atomic E-state index is -0.375. The van der Waals surface area contributed by atoms with E-state index in [2.05, 4.69) is 23.5 Å². The molecule has 1 saturated heterocycles. The van der Waals surface area contributed by atoms with Crippen molar-refractivity contribution in [2.75, 3.05) is 13.1 Å². The number of fused-ring (bicyclic) bond motifs is 1. The van der Waals surface area contributed by atoms with E-state index in [1.165, 1.54) is 17.5 Å². The predicted molar refractivity (Wildman–Crippen MR) is 121 cm³/mol. The van der Waals surface area contributed by atoms with Crippen LogP contribution in [0.3, 0.4) is 0 Å². The Morgan fingerprint density at radius 1 is 1.03 bits per heavy atom. The minimum Gasteiger partial charge on any atom is -0.445 e. The lowest BCUT2D eigenvalue weighted by atomic mass is 9.87. The van der Waals surface area contributed by atoms with Crippen LogP contribution in [0.15, 0.2) is 54.6 Å². The molecule has 4 rings (SSSR count). The monoisotopic (exact) mass is 418 g/mol. The number of carbonyl (C=O) groups excluding carboxylic acids is 2. The molecule has 162 valence electrons. The van der Waals surface area contributed by atoms with E-state index in [4.69, 9.17) is 4.74 Å². The first-order chi connectivity index (χ1) is 15.2. The van der Waals surface area contributed by atoms with E-state index in [-0.39, 0.29) is 24.6 Å². The largest absolute Gasteiger partial charge is 0.445 e. The van der Waals surface area contributed by atoms with Crippen LogP contribution in [0.25, 0.3) is 6.08 Å². The number of piperidine rings is 1. The van der Waals surface area contributed by atoms with Gasteiger partial charge in [-0.3, -0.25) is 4.79 Å². The van der Waals surface area contributed by atoms with E-state index in [0.717, 1.165) is 56.3 Å². The molecule has 1 atom stereocenters. The van der Waals surface area contributed by atoms with Crippen LogP contribution in [0.4, 0.5) is 4.79 Å². The second-order valence-corrected chi connectivity index (χ2v) is 8.39. The molecular weight excluding hydrogens is 388 g/mol. The van der Waals surface area contributed by atoms with Crippen molar-refractivity contribution in [2.45, 2.75) is 51.2 Å². The smallest absolute Gasteiger partial charge is 0.407 e. The summed E-state index contributed by atoms with van der Waals surface area (Å²) in [5.74, 6) is 0.0955. The Labute approximate surface area is 184 Å². The normalized spacial score (nSPS) is 18.5. The molecule has 0 aromatic heterocycles. The number of benzene rings is 2. The summed E-state index contributed by atoms with van der Waals surface area (Å²) < 4.78 is 5.36. The fourth-order valence-corrected chi connectivity index (χ4v) is 4.32. The second kappa shape index (κ2) is 10.3. The summed E-state index contributed by atoms with van der Waals surface area (Å²) in [6.45, 7) is 2.00. The van der Waals surface area contributed by atoms with Crippen molar-refractivity contribution in [3.63, 3.8) is 0 Å². The molecule has 1 heterocycles. The van der Waals surface area contributed by atoms with Crippen LogP contribution in [0, 0.1) is 0 Å². The zero-order valence-corrected chi connectivity index (χ0v) is 17.9. The third-order valence-corrected chi connectivity index (χ3v) is 6.08. The SMILES string of the molecule is O=C(N[C@H]1CCc2ccc(C=CC(=O)N3CCCCC3)cc2C1)OCc1ccccc1. The number of nitrogens with zero attached hydrogens (tertiary/aromatic N) is 1. The molecule has 0 unspecified atom stereocenters. The zero-order valence-electron chi connectivity index (χ0n) is 17.9. The lowest BCUT2D eigenvalue weighted by Crippen LogP contribution is -2.39. The van der Waals surface area contributed by atoms with Crippen LogP contribution < -0.4 is 5.32 Å². The average Bonchev–Trinajstić information content (AvgIpc) is 2.82. The highest BCUT2D eigenvalue weighted by molar-refractivity contribution is 5.91. The van der Waals surface area contributed by atoms with Gasteiger partial charge in [0.2, 0.25) is 5.91 Å². The number of alkyl carbamates (subject to hydrolysis) is 1. The van der Waals surface area contributed by atoms with Crippen LogP contribution in [0.2, 0.25) is 0 Å². The van der Waals surface area contributed by atoms with Gasteiger partial charge in [-0.1, -0.05) is 48.5 Å². The number of nitrogens with one attached hydrogen (secondary N) is 1. The van der Waals surface area contributed by atoms with E-state index in [1.807, 2.05) is 41.3 Å². The van der Waals surface area contributed by atoms with Gasteiger partial charge in [0.25, 0.3) is 0 Å². The van der Waals surface area contributed by atoms with Crippen molar-refractivity contribution >= 4 is 18.1 Å². The Morgan fingerprint density at radius 3 is 2.65 bits per heavy atom. The van der Waals surface area contributed by atoms with Gasteiger partial charge in [-0.2, -0.15) is 0 Å². The summed E-state index contributed by atoms with van der Waals surface area (Å²) >= 11 is 0. The fourth-order valence-electron chi connectivity index (χ4n) is 4.32. The third kappa shape index (κ3) is 5.97. The maximum atomic E-state index is 12.4. The molecule has 0 spiro atoms. The number of likely N-dealkylation sites (tertiary alicyclic amines) is 1. The van der Waals surface area contributed by atoms with E-state index in [0.29, 0.717) is 0 Å². The van der Waals surface area contributed by atoms with Crippen LogP contribution in [-0.2, 0) is 29.0 Å². The fraction of sp³-hybridized carbons (Fsp3) is 0.385. The number of hydrogen-bond acceptors (Lipinski definition) is 3. The average molecular weight is 419 g/mol. The minimum absolute atomic E-state index is 0.0602. The van der Waals surface area contributed by atoms with E-state index >= 15 is 0 Å². The highest BCUT2D eigenvalue weighted by Crippen LogP contribution is 2.23. The summed E-state index contributed by atoms with van der Waals surface area (Å²) in [5, 5.41) is 3.00. The molecular formula is C26H30N2O3.